The lowest BCUT2D eigenvalue weighted by atomic mass is 10.1. The Bertz CT molecular complexity index is 1460. The van der Waals surface area contributed by atoms with Gasteiger partial charge in [-0.05, 0) is 61.0 Å². The maximum absolute atomic E-state index is 11.3. The molecule has 1 N–H and O–H groups in total. The third-order valence-corrected chi connectivity index (χ3v) is 5.53. The van der Waals surface area contributed by atoms with Gasteiger partial charge in [0.2, 0.25) is 0 Å². The fourth-order valence-corrected chi connectivity index (χ4v) is 4.08. The number of aldehydes is 1. The monoisotopic (exact) mass is 392 g/mol. The Kier molecular flexibility index (Phi) is 4.32. The van der Waals surface area contributed by atoms with Crippen molar-refractivity contribution in [2.24, 2.45) is 0 Å². The molecule has 0 amide bonds. The zero-order valence-corrected chi connectivity index (χ0v) is 16.5. The van der Waals surface area contributed by atoms with Crippen LogP contribution in [0.25, 0.3) is 44.9 Å². The molecule has 2 heterocycles. The summed E-state index contributed by atoms with van der Waals surface area (Å²) in [7, 11) is 0. The minimum absolute atomic E-state index is 0.183. The Morgan fingerprint density at radius 2 is 1.63 bits per heavy atom. The van der Waals surface area contributed by atoms with Crippen molar-refractivity contribution < 1.29 is 9.90 Å². The van der Waals surface area contributed by atoms with Gasteiger partial charge in [-0.15, -0.1) is 0 Å². The van der Waals surface area contributed by atoms with Crippen LogP contribution in [0.5, 0.6) is 5.75 Å². The number of carbonyl (C=O) groups is 1. The van der Waals surface area contributed by atoms with Crippen molar-refractivity contribution in [2.75, 3.05) is 0 Å². The van der Waals surface area contributed by atoms with Crippen LogP contribution in [0, 0.1) is 0 Å². The third kappa shape index (κ3) is 2.94. The highest BCUT2D eigenvalue weighted by molar-refractivity contribution is 6.10. The first-order valence-electron chi connectivity index (χ1n) is 9.96. The fourth-order valence-electron chi connectivity index (χ4n) is 4.08. The maximum Gasteiger partial charge on any atom is 0.150 e. The first-order chi connectivity index (χ1) is 14.7. The minimum Gasteiger partial charge on any atom is -0.506 e. The standard InChI is InChI=1S/C26H20N2O2/c1-2-28-23-12-7-17(14-21(23)22-15-18(16-29)8-13-24(22)28)6-10-20-11-9-19-4-3-5-25(30)26(19)27-20/h3-16,30H,2H2,1H3/b10-6+. The molecule has 0 bridgehead atoms. The molecule has 0 aliphatic heterocycles. The molecule has 30 heavy (non-hydrogen) atoms. The van der Waals surface area contributed by atoms with E-state index in [4.69, 9.17) is 0 Å². The molecule has 2 aromatic heterocycles. The van der Waals surface area contributed by atoms with Crippen molar-refractivity contribution in [3.8, 4) is 5.75 Å². The summed E-state index contributed by atoms with van der Waals surface area (Å²) in [6, 6.07) is 21.5. The number of rotatable bonds is 4. The number of aromatic hydroxyl groups is 1. The van der Waals surface area contributed by atoms with E-state index in [0.717, 1.165) is 51.3 Å². The Morgan fingerprint density at radius 3 is 2.37 bits per heavy atom. The minimum atomic E-state index is 0.183. The van der Waals surface area contributed by atoms with Crippen molar-refractivity contribution in [2.45, 2.75) is 13.5 Å². The summed E-state index contributed by atoms with van der Waals surface area (Å²) in [6.07, 6.45) is 4.86. The average Bonchev–Trinajstić information content (AvgIpc) is 3.10. The number of benzene rings is 3. The number of para-hydroxylation sites is 1. The number of pyridine rings is 1. The highest BCUT2D eigenvalue weighted by Gasteiger charge is 2.10. The molecule has 5 rings (SSSR count). The van der Waals surface area contributed by atoms with Crippen LogP contribution in [0.1, 0.15) is 28.5 Å². The van der Waals surface area contributed by atoms with Gasteiger partial charge in [-0.25, -0.2) is 4.98 Å². The number of hydrogen-bond acceptors (Lipinski definition) is 3. The van der Waals surface area contributed by atoms with E-state index in [0.29, 0.717) is 11.1 Å². The van der Waals surface area contributed by atoms with Crippen molar-refractivity contribution >= 4 is 51.1 Å². The Balaban J connectivity index is 1.60. The van der Waals surface area contributed by atoms with Crippen LogP contribution in [-0.4, -0.2) is 20.9 Å². The smallest absolute Gasteiger partial charge is 0.150 e. The van der Waals surface area contributed by atoms with Crippen LogP contribution in [0.4, 0.5) is 0 Å². The number of aryl methyl sites for hydroxylation is 1. The Labute approximate surface area is 173 Å². The van der Waals surface area contributed by atoms with Gasteiger partial charge in [0.05, 0.1) is 5.69 Å². The number of aromatic nitrogens is 2. The topological polar surface area (TPSA) is 55.1 Å². The van der Waals surface area contributed by atoms with E-state index in [-0.39, 0.29) is 5.75 Å². The molecule has 0 aliphatic rings. The molecule has 4 heteroatoms. The largest absolute Gasteiger partial charge is 0.506 e. The van der Waals surface area contributed by atoms with Gasteiger partial charge < -0.3 is 9.67 Å². The van der Waals surface area contributed by atoms with E-state index < -0.39 is 0 Å². The fraction of sp³-hybridized carbons (Fsp3) is 0.0769. The van der Waals surface area contributed by atoms with Crippen LogP contribution in [0.2, 0.25) is 0 Å². The molecule has 0 atom stereocenters. The molecule has 0 unspecified atom stereocenters. The molecule has 0 aliphatic carbocycles. The SMILES string of the molecule is CCn1c2ccc(C=O)cc2c2cc(/C=C/c3ccc4cccc(O)c4n3)ccc21. The van der Waals surface area contributed by atoms with Gasteiger partial charge in [-0.2, -0.15) is 0 Å². The summed E-state index contributed by atoms with van der Waals surface area (Å²) in [5, 5.41) is 13.2. The molecule has 0 saturated carbocycles. The zero-order chi connectivity index (χ0) is 20.7. The summed E-state index contributed by atoms with van der Waals surface area (Å²) in [5.41, 5.74) is 5.39. The molecule has 146 valence electrons. The predicted molar refractivity (Wildman–Crippen MR) is 123 cm³/mol. The van der Waals surface area contributed by atoms with Gasteiger partial charge >= 0.3 is 0 Å². The van der Waals surface area contributed by atoms with E-state index in [1.807, 2.05) is 54.6 Å². The first-order valence-corrected chi connectivity index (χ1v) is 9.96. The first kappa shape index (κ1) is 18.1. The van der Waals surface area contributed by atoms with Crippen molar-refractivity contribution in [3.05, 3.63) is 83.6 Å². The lowest BCUT2D eigenvalue weighted by Gasteiger charge is -2.03. The van der Waals surface area contributed by atoms with E-state index in [1.165, 1.54) is 0 Å². The average molecular weight is 392 g/mol. The third-order valence-electron chi connectivity index (χ3n) is 5.53. The molecular weight excluding hydrogens is 372 g/mol. The number of phenolic OH excluding ortho intramolecular Hbond substituents is 1. The molecule has 5 aromatic rings. The Hall–Kier alpha value is -3.92. The van der Waals surface area contributed by atoms with Crippen molar-refractivity contribution in [3.63, 3.8) is 0 Å². The molecule has 3 aromatic carbocycles. The van der Waals surface area contributed by atoms with E-state index in [2.05, 4.69) is 34.7 Å². The van der Waals surface area contributed by atoms with Gasteiger partial charge in [0.15, 0.2) is 0 Å². The number of carbonyl (C=O) groups excluding carboxylic acids is 1. The van der Waals surface area contributed by atoms with E-state index >= 15 is 0 Å². The van der Waals surface area contributed by atoms with Crippen molar-refractivity contribution in [1.82, 2.24) is 9.55 Å². The molecule has 0 saturated heterocycles. The predicted octanol–water partition coefficient (Wildman–Crippen LogP) is 6.05. The summed E-state index contributed by atoms with van der Waals surface area (Å²) >= 11 is 0. The normalized spacial score (nSPS) is 11.8. The van der Waals surface area contributed by atoms with Gasteiger partial charge in [0, 0.05) is 39.3 Å². The second-order valence-electron chi connectivity index (χ2n) is 7.33. The number of hydrogen-bond donors (Lipinski definition) is 1. The molecular formula is C26H20N2O2. The summed E-state index contributed by atoms with van der Waals surface area (Å²) in [5.74, 6) is 0.183. The van der Waals surface area contributed by atoms with Gasteiger partial charge in [-0.1, -0.05) is 30.3 Å². The lowest BCUT2D eigenvalue weighted by molar-refractivity contribution is 0.112. The Morgan fingerprint density at radius 1 is 0.900 bits per heavy atom. The van der Waals surface area contributed by atoms with Gasteiger partial charge in [0.25, 0.3) is 0 Å². The summed E-state index contributed by atoms with van der Waals surface area (Å²) in [4.78, 5) is 15.8. The van der Waals surface area contributed by atoms with Crippen LogP contribution >= 0.6 is 0 Å². The summed E-state index contributed by atoms with van der Waals surface area (Å²) < 4.78 is 2.26. The highest BCUT2D eigenvalue weighted by Crippen LogP contribution is 2.31. The summed E-state index contributed by atoms with van der Waals surface area (Å²) in [6.45, 7) is 2.99. The lowest BCUT2D eigenvalue weighted by Crippen LogP contribution is -1.92. The van der Waals surface area contributed by atoms with Crippen molar-refractivity contribution in [1.29, 1.82) is 0 Å². The molecule has 4 nitrogen and oxygen atoms in total. The van der Waals surface area contributed by atoms with E-state index in [1.54, 1.807) is 6.07 Å². The molecule has 0 radical (unpaired) electrons. The van der Waals surface area contributed by atoms with Gasteiger partial charge in [-0.3, -0.25) is 4.79 Å². The van der Waals surface area contributed by atoms with E-state index in [9.17, 15) is 9.90 Å². The van der Waals surface area contributed by atoms with Gasteiger partial charge in [0.1, 0.15) is 17.6 Å². The van der Waals surface area contributed by atoms with Crippen LogP contribution in [0.3, 0.4) is 0 Å². The second-order valence-corrected chi connectivity index (χ2v) is 7.33. The molecule has 0 spiro atoms. The maximum atomic E-state index is 11.3. The molecule has 0 fully saturated rings. The second kappa shape index (κ2) is 7.16. The van der Waals surface area contributed by atoms with Crippen LogP contribution in [0.15, 0.2) is 66.7 Å². The number of fused-ring (bicyclic) bond motifs is 4. The number of phenols is 1. The quantitative estimate of drug-likeness (QED) is 0.379. The highest BCUT2D eigenvalue weighted by atomic mass is 16.3. The van der Waals surface area contributed by atoms with Crippen LogP contribution in [-0.2, 0) is 6.54 Å². The van der Waals surface area contributed by atoms with Crippen LogP contribution < -0.4 is 0 Å². The zero-order valence-electron chi connectivity index (χ0n) is 16.5. The number of nitrogens with zero attached hydrogens (tertiary/aromatic N) is 2.